The van der Waals surface area contributed by atoms with Crippen LogP contribution in [0.15, 0.2) is 48.5 Å². The van der Waals surface area contributed by atoms with Gasteiger partial charge in [0.1, 0.15) is 11.6 Å². The molecule has 0 aliphatic heterocycles. The summed E-state index contributed by atoms with van der Waals surface area (Å²) < 4.78 is 18.2. The van der Waals surface area contributed by atoms with E-state index in [9.17, 15) is 9.18 Å². The fourth-order valence-electron chi connectivity index (χ4n) is 3.08. The van der Waals surface area contributed by atoms with Crippen molar-refractivity contribution in [3.63, 3.8) is 0 Å². The summed E-state index contributed by atoms with van der Waals surface area (Å²) in [7, 11) is 1.64. The van der Waals surface area contributed by atoms with Gasteiger partial charge in [-0.25, -0.2) is 4.39 Å². The molecule has 0 aromatic heterocycles. The van der Waals surface area contributed by atoms with E-state index in [4.69, 9.17) is 4.74 Å². The second-order valence-corrected chi connectivity index (χ2v) is 6.20. The summed E-state index contributed by atoms with van der Waals surface area (Å²) in [5.74, 6) is 1.00. The lowest BCUT2D eigenvalue weighted by molar-refractivity contribution is -0.133. The van der Waals surface area contributed by atoms with Crippen molar-refractivity contribution in [2.75, 3.05) is 13.7 Å². The Balaban J connectivity index is 1.63. The third-order valence-electron chi connectivity index (χ3n) is 4.63. The molecule has 1 aliphatic carbocycles. The largest absolute Gasteiger partial charge is 0.497 e. The number of nitrogens with zero attached hydrogens (tertiary/aromatic N) is 1. The monoisotopic (exact) mass is 327 g/mol. The van der Waals surface area contributed by atoms with Gasteiger partial charge in [-0.05, 0) is 54.7 Å². The Morgan fingerprint density at radius 1 is 1.17 bits per heavy atom. The summed E-state index contributed by atoms with van der Waals surface area (Å²) in [4.78, 5) is 14.6. The van der Waals surface area contributed by atoms with Crippen molar-refractivity contribution >= 4 is 5.91 Å². The lowest BCUT2D eigenvalue weighted by atomic mass is 10.1. The van der Waals surface area contributed by atoms with Gasteiger partial charge in [-0.3, -0.25) is 4.79 Å². The fraction of sp³-hybridized carbons (Fsp3) is 0.350. The van der Waals surface area contributed by atoms with Crippen LogP contribution in [0, 0.1) is 11.7 Å². The van der Waals surface area contributed by atoms with E-state index in [0.717, 1.165) is 23.3 Å². The predicted molar refractivity (Wildman–Crippen MR) is 91.3 cm³/mol. The molecule has 2 atom stereocenters. The molecule has 1 amide bonds. The quantitative estimate of drug-likeness (QED) is 0.803. The number of rotatable bonds is 6. The number of hydrogen-bond acceptors (Lipinski definition) is 2. The molecule has 1 saturated carbocycles. The van der Waals surface area contributed by atoms with Crippen molar-refractivity contribution in [2.45, 2.75) is 25.8 Å². The normalized spacial score (nSPS) is 19.0. The number of hydrogen-bond donors (Lipinski definition) is 0. The molecule has 0 spiro atoms. The summed E-state index contributed by atoms with van der Waals surface area (Å²) in [6.45, 7) is 3.28. The van der Waals surface area contributed by atoms with E-state index < -0.39 is 0 Å². The molecule has 0 saturated heterocycles. The summed E-state index contributed by atoms with van der Waals surface area (Å²) in [5.41, 5.74) is 2.14. The third-order valence-corrected chi connectivity index (χ3v) is 4.63. The smallest absolute Gasteiger partial charge is 0.226 e. The maximum Gasteiger partial charge on any atom is 0.226 e. The number of carbonyl (C=O) groups excluding carboxylic acids is 1. The van der Waals surface area contributed by atoms with Crippen LogP contribution in [0.25, 0.3) is 0 Å². The van der Waals surface area contributed by atoms with Gasteiger partial charge in [0.25, 0.3) is 0 Å². The first kappa shape index (κ1) is 16.5. The highest BCUT2D eigenvalue weighted by molar-refractivity contribution is 5.83. The van der Waals surface area contributed by atoms with Gasteiger partial charge in [0.15, 0.2) is 0 Å². The average molecular weight is 327 g/mol. The minimum atomic E-state index is -0.239. The first-order valence-corrected chi connectivity index (χ1v) is 8.29. The van der Waals surface area contributed by atoms with Crippen LogP contribution in [0.5, 0.6) is 5.75 Å². The Hall–Kier alpha value is -2.36. The Kier molecular flexibility index (Phi) is 4.84. The van der Waals surface area contributed by atoms with Crippen LogP contribution >= 0.6 is 0 Å². The second-order valence-electron chi connectivity index (χ2n) is 6.20. The van der Waals surface area contributed by atoms with Gasteiger partial charge < -0.3 is 9.64 Å². The maximum absolute atomic E-state index is 13.0. The van der Waals surface area contributed by atoms with Crippen molar-refractivity contribution in [1.29, 1.82) is 0 Å². The van der Waals surface area contributed by atoms with Gasteiger partial charge in [0.05, 0.1) is 7.11 Å². The van der Waals surface area contributed by atoms with Crippen LogP contribution in [0.4, 0.5) is 4.39 Å². The van der Waals surface area contributed by atoms with E-state index in [1.165, 1.54) is 12.1 Å². The van der Waals surface area contributed by atoms with E-state index in [2.05, 4.69) is 0 Å². The Bertz CT molecular complexity index is 697. The summed E-state index contributed by atoms with van der Waals surface area (Å²) >= 11 is 0. The Morgan fingerprint density at radius 3 is 2.42 bits per heavy atom. The van der Waals surface area contributed by atoms with Crippen LogP contribution in [0.2, 0.25) is 0 Å². The van der Waals surface area contributed by atoms with Crippen LogP contribution in [-0.2, 0) is 11.3 Å². The summed E-state index contributed by atoms with van der Waals surface area (Å²) in [6, 6.07) is 14.3. The number of halogens is 1. The lowest BCUT2D eigenvalue weighted by Crippen LogP contribution is -2.31. The molecule has 2 aromatic carbocycles. The van der Waals surface area contributed by atoms with Crippen LogP contribution in [0.3, 0.4) is 0 Å². The second kappa shape index (κ2) is 7.04. The molecule has 0 heterocycles. The van der Waals surface area contributed by atoms with Crippen molar-refractivity contribution in [3.05, 3.63) is 65.5 Å². The number of amides is 1. The van der Waals surface area contributed by atoms with E-state index >= 15 is 0 Å². The first-order chi connectivity index (χ1) is 11.6. The molecule has 3 rings (SSSR count). The number of ether oxygens (including phenoxy) is 1. The molecule has 2 aromatic rings. The third kappa shape index (κ3) is 3.58. The van der Waals surface area contributed by atoms with E-state index in [1.807, 2.05) is 36.1 Å². The lowest BCUT2D eigenvalue weighted by Gasteiger charge is -2.21. The average Bonchev–Trinajstić information content (AvgIpc) is 3.41. The fourth-order valence-corrected chi connectivity index (χ4v) is 3.08. The van der Waals surface area contributed by atoms with Gasteiger partial charge in [0, 0.05) is 19.0 Å². The van der Waals surface area contributed by atoms with Gasteiger partial charge >= 0.3 is 0 Å². The SMILES string of the molecule is CCN(Cc1ccc(OC)cc1)C(=O)C1CC1c1ccc(F)cc1. The van der Waals surface area contributed by atoms with Gasteiger partial charge in [-0.15, -0.1) is 0 Å². The topological polar surface area (TPSA) is 29.5 Å². The van der Waals surface area contributed by atoms with Crippen molar-refractivity contribution in [3.8, 4) is 5.75 Å². The Morgan fingerprint density at radius 2 is 1.83 bits per heavy atom. The van der Waals surface area contributed by atoms with Crippen molar-refractivity contribution in [1.82, 2.24) is 4.90 Å². The van der Waals surface area contributed by atoms with Crippen molar-refractivity contribution < 1.29 is 13.9 Å². The van der Waals surface area contributed by atoms with Gasteiger partial charge in [-0.2, -0.15) is 0 Å². The highest BCUT2D eigenvalue weighted by atomic mass is 19.1. The minimum Gasteiger partial charge on any atom is -0.497 e. The van der Waals surface area contributed by atoms with Crippen LogP contribution in [0.1, 0.15) is 30.4 Å². The van der Waals surface area contributed by atoms with Crippen LogP contribution in [-0.4, -0.2) is 24.5 Å². The molecule has 0 radical (unpaired) electrons. The zero-order valence-electron chi connectivity index (χ0n) is 14.0. The molecule has 2 unspecified atom stereocenters. The standard InChI is InChI=1S/C20H22FNO2/c1-3-22(13-14-4-10-17(24-2)11-5-14)20(23)19-12-18(19)15-6-8-16(21)9-7-15/h4-11,18-19H,3,12-13H2,1-2H3. The van der Waals surface area contributed by atoms with Gasteiger partial charge in [-0.1, -0.05) is 24.3 Å². The molecule has 1 fully saturated rings. The number of methoxy groups -OCH3 is 1. The van der Waals surface area contributed by atoms with Crippen LogP contribution < -0.4 is 4.74 Å². The highest BCUT2D eigenvalue weighted by Crippen LogP contribution is 2.48. The zero-order chi connectivity index (χ0) is 17.1. The van der Waals surface area contributed by atoms with E-state index in [0.29, 0.717) is 13.1 Å². The predicted octanol–water partition coefficient (Wildman–Crippen LogP) is 3.99. The molecule has 24 heavy (non-hydrogen) atoms. The molecule has 4 heteroatoms. The molecule has 3 nitrogen and oxygen atoms in total. The molecule has 126 valence electrons. The van der Waals surface area contributed by atoms with Gasteiger partial charge in [0.2, 0.25) is 5.91 Å². The molecule has 0 N–H and O–H groups in total. The van der Waals surface area contributed by atoms with E-state index in [1.54, 1.807) is 19.2 Å². The number of benzene rings is 2. The molecular weight excluding hydrogens is 305 g/mol. The van der Waals surface area contributed by atoms with Crippen molar-refractivity contribution in [2.24, 2.45) is 5.92 Å². The number of carbonyl (C=O) groups is 1. The Labute approximate surface area is 142 Å². The molecule has 0 bridgehead atoms. The minimum absolute atomic E-state index is 0.0219. The molecule has 1 aliphatic rings. The molecular formula is C20H22FNO2. The summed E-state index contributed by atoms with van der Waals surface area (Å²) in [5, 5.41) is 0. The first-order valence-electron chi connectivity index (χ1n) is 8.29. The highest BCUT2D eigenvalue weighted by Gasteiger charge is 2.45. The van der Waals surface area contributed by atoms with E-state index in [-0.39, 0.29) is 23.6 Å². The zero-order valence-corrected chi connectivity index (χ0v) is 14.0. The summed E-state index contributed by atoms with van der Waals surface area (Å²) in [6.07, 6.45) is 0.851. The maximum atomic E-state index is 13.0.